The van der Waals surface area contributed by atoms with Crippen LogP contribution in [0.3, 0.4) is 0 Å². The van der Waals surface area contributed by atoms with E-state index >= 15 is 0 Å². The molecule has 282 valence electrons. The van der Waals surface area contributed by atoms with Gasteiger partial charge in [0.05, 0.1) is 32.5 Å². The minimum atomic E-state index is -4.44. The highest BCUT2D eigenvalue weighted by Gasteiger charge is 2.62. The number of aromatic nitrogens is 1. The van der Waals surface area contributed by atoms with Gasteiger partial charge < -0.3 is 34.5 Å². The summed E-state index contributed by atoms with van der Waals surface area (Å²) in [6.45, 7) is 4.22. The van der Waals surface area contributed by atoms with Crippen molar-refractivity contribution in [2.75, 3.05) is 26.9 Å². The molecule has 4 amide bonds. The smallest absolute Gasteiger partial charge is 0.408 e. The van der Waals surface area contributed by atoms with Gasteiger partial charge >= 0.3 is 16.4 Å². The number of alkyl carbamates (subject to hydrolysis) is 1. The summed E-state index contributed by atoms with van der Waals surface area (Å²) in [5.74, 6) is -1.56. The summed E-state index contributed by atoms with van der Waals surface area (Å²) in [6.07, 6.45) is 3.53. The van der Waals surface area contributed by atoms with Crippen LogP contribution in [0.15, 0.2) is 30.5 Å². The maximum absolute atomic E-state index is 14.3. The number of likely N-dealkylation sites (tertiary alicyclic amines) is 1. The van der Waals surface area contributed by atoms with E-state index in [4.69, 9.17) is 23.1 Å². The minimum absolute atomic E-state index is 0.0151. The van der Waals surface area contributed by atoms with Gasteiger partial charge in [-0.15, -0.1) is 0 Å². The highest BCUT2D eigenvalue weighted by atomic mass is 32.2. The Balaban J connectivity index is 1.12. The highest BCUT2D eigenvalue weighted by molar-refractivity contribution is 7.85. The molecule has 2 saturated heterocycles. The minimum Gasteiger partial charge on any atom is -0.497 e. The molecule has 17 heteroatoms. The van der Waals surface area contributed by atoms with Gasteiger partial charge in [-0.2, -0.15) is 8.42 Å². The van der Waals surface area contributed by atoms with E-state index in [1.165, 1.54) is 4.90 Å². The summed E-state index contributed by atoms with van der Waals surface area (Å²) in [7, 11) is -2.87. The number of carbonyl (C=O) groups is 4. The van der Waals surface area contributed by atoms with Gasteiger partial charge in [-0.1, -0.05) is 13.3 Å². The number of nitrogens with zero attached hydrogens (tertiary/aromatic N) is 2. The van der Waals surface area contributed by atoms with Crippen LogP contribution in [0.5, 0.6) is 11.6 Å². The molecule has 3 aliphatic carbocycles. The van der Waals surface area contributed by atoms with Crippen molar-refractivity contribution in [2.45, 2.75) is 101 Å². The van der Waals surface area contributed by atoms with E-state index < -0.39 is 69.6 Å². The van der Waals surface area contributed by atoms with Gasteiger partial charge in [-0.25, -0.2) is 18.7 Å². The Morgan fingerprint density at radius 2 is 1.90 bits per heavy atom. The Morgan fingerprint density at radius 3 is 2.56 bits per heavy atom. The van der Waals surface area contributed by atoms with E-state index in [-0.39, 0.29) is 37.8 Å². The van der Waals surface area contributed by atoms with Gasteiger partial charge in [0.2, 0.25) is 17.7 Å². The van der Waals surface area contributed by atoms with Crippen LogP contribution in [-0.2, 0) is 38.3 Å². The molecule has 52 heavy (non-hydrogen) atoms. The van der Waals surface area contributed by atoms with Crippen LogP contribution >= 0.6 is 0 Å². The number of methoxy groups -OCH3 is 1. The zero-order valence-electron chi connectivity index (χ0n) is 29.4. The third-order valence-electron chi connectivity index (χ3n) is 10.7. The number of fused-ring (bicyclic) bond motifs is 1. The Hall–Kier alpha value is -4.22. The molecule has 0 bridgehead atoms. The van der Waals surface area contributed by atoms with Crippen molar-refractivity contribution < 1.29 is 50.7 Å². The summed E-state index contributed by atoms with van der Waals surface area (Å²) in [5, 5.41) is 7.07. The maximum atomic E-state index is 14.3. The van der Waals surface area contributed by atoms with Crippen molar-refractivity contribution in [1.29, 1.82) is 0 Å². The van der Waals surface area contributed by atoms with Crippen LogP contribution < -0.4 is 24.8 Å². The van der Waals surface area contributed by atoms with Gasteiger partial charge in [0, 0.05) is 24.4 Å². The van der Waals surface area contributed by atoms with Crippen molar-refractivity contribution in [3.8, 4) is 11.6 Å². The number of ether oxygens (including phenoxy) is 4. The Labute approximate surface area is 301 Å². The molecule has 3 N–H and O–H groups in total. The number of carbonyl (C=O) groups excluding carboxylic acids is 4. The van der Waals surface area contributed by atoms with Crippen LogP contribution in [-0.4, -0.2) is 104 Å². The number of hydrogen-bond donors (Lipinski definition) is 3. The first-order valence-electron chi connectivity index (χ1n) is 17.9. The van der Waals surface area contributed by atoms with Crippen LogP contribution in [0, 0.1) is 11.8 Å². The first-order valence-corrected chi connectivity index (χ1v) is 19.3. The fourth-order valence-corrected chi connectivity index (χ4v) is 8.30. The number of nitrogens with one attached hydrogen (secondary N) is 3. The van der Waals surface area contributed by atoms with Crippen LogP contribution in [0.25, 0.3) is 10.8 Å². The van der Waals surface area contributed by atoms with Gasteiger partial charge in [0.15, 0.2) is 0 Å². The van der Waals surface area contributed by atoms with Crippen LogP contribution in [0.4, 0.5) is 4.79 Å². The third kappa shape index (κ3) is 7.76. The molecule has 1 aromatic heterocycles. The largest absolute Gasteiger partial charge is 0.497 e. The van der Waals surface area contributed by atoms with Crippen molar-refractivity contribution in [3.63, 3.8) is 0 Å². The predicted molar refractivity (Wildman–Crippen MR) is 183 cm³/mol. The van der Waals surface area contributed by atoms with Crippen LogP contribution in [0.2, 0.25) is 0 Å². The van der Waals surface area contributed by atoms with Gasteiger partial charge in [0.25, 0.3) is 5.91 Å². The lowest BCUT2D eigenvalue weighted by molar-refractivity contribution is -0.141. The predicted octanol–water partition coefficient (Wildman–Crippen LogP) is 2.10. The normalized spacial score (nSPS) is 28.1. The summed E-state index contributed by atoms with van der Waals surface area (Å²) >= 11 is 0. The lowest BCUT2D eigenvalue weighted by Crippen LogP contribution is -2.58. The third-order valence-corrected chi connectivity index (χ3v) is 11.7. The second-order valence-corrected chi connectivity index (χ2v) is 16.0. The van der Waals surface area contributed by atoms with E-state index in [1.807, 2.05) is 29.8 Å². The molecule has 0 spiro atoms. The van der Waals surface area contributed by atoms with Gasteiger partial charge in [0.1, 0.15) is 35.6 Å². The molecular weight excluding hydrogens is 698 g/mol. The van der Waals surface area contributed by atoms with Crippen LogP contribution in [0.1, 0.15) is 65.2 Å². The Morgan fingerprint density at radius 1 is 1.12 bits per heavy atom. The van der Waals surface area contributed by atoms with Crippen molar-refractivity contribution >= 4 is 44.9 Å². The molecule has 5 fully saturated rings. The Kier molecular flexibility index (Phi) is 9.71. The number of hydrogen-bond acceptors (Lipinski definition) is 12. The molecule has 3 saturated carbocycles. The standard InChI is InChI=1S/C35H45N5O11S/c1-4-22-17-35(22,32(43)39-52(45,46)51-34(2)11-12-34)38-29(41)27-16-25(49-30-26-8-7-23(47-3)15-21(26)9-13-36-30)18-40(27)31(42)28(20-5-6-20)37-33(44)50-24-10-14-48-19-24/h7-9,13,15,20,22,24-25,27-28H,4-6,10-12,14,16-19H2,1-3H3,(H,37,44)(H,38,41)(H,39,43)/t22?,24-,25+,27-,28-,35+/m0/s1. The van der Waals surface area contributed by atoms with E-state index in [0.29, 0.717) is 62.1 Å². The summed E-state index contributed by atoms with van der Waals surface area (Å²) in [5.41, 5.74) is -2.37. The molecule has 2 aromatic rings. The Bertz CT molecular complexity index is 1850. The van der Waals surface area contributed by atoms with Gasteiger partial charge in [-0.05, 0) is 80.5 Å². The van der Waals surface area contributed by atoms with E-state index in [0.717, 1.165) is 5.39 Å². The summed E-state index contributed by atoms with van der Waals surface area (Å²) in [6, 6.07) is 5.17. The number of pyridine rings is 1. The SMILES string of the molecule is CCC1C[C@]1(NC(=O)[C@@H]1C[C@@H](Oc2nccc3cc(OC)ccc23)CN1C(=O)[C@@H](NC(=O)O[C@H]1CCOC1)C1CC1)C(=O)NS(=O)(=O)OC1(C)CC1. The summed E-state index contributed by atoms with van der Waals surface area (Å²) in [4.78, 5) is 60.9. The molecule has 3 heterocycles. The first kappa shape index (κ1) is 36.2. The molecule has 6 atom stereocenters. The number of benzene rings is 1. The number of rotatable bonds is 14. The van der Waals surface area contributed by atoms with Gasteiger partial charge in [-0.3, -0.25) is 14.4 Å². The fourth-order valence-electron chi connectivity index (χ4n) is 7.15. The first-order chi connectivity index (χ1) is 24.8. The van der Waals surface area contributed by atoms with E-state index in [9.17, 15) is 27.6 Å². The molecule has 5 aliphatic rings. The van der Waals surface area contributed by atoms with E-state index in [2.05, 4.69) is 15.6 Å². The molecular formula is C35H45N5O11S. The molecule has 0 radical (unpaired) electrons. The van der Waals surface area contributed by atoms with E-state index in [1.54, 1.807) is 26.3 Å². The second-order valence-electron chi connectivity index (χ2n) is 14.7. The molecule has 2 aliphatic heterocycles. The zero-order valence-corrected chi connectivity index (χ0v) is 30.2. The molecule has 1 aromatic carbocycles. The number of amides is 4. The molecule has 1 unspecified atom stereocenters. The monoisotopic (exact) mass is 743 g/mol. The average molecular weight is 744 g/mol. The second kappa shape index (κ2) is 14.0. The molecule has 7 rings (SSSR count). The lowest BCUT2D eigenvalue weighted by atomic mass is 10.1. The average Bonchev–Trinajstić information content (AvgIpc) is 4.07. The zero-order chi connectivity index (χ0) is 36.8. The van der Waals surface area contributed by atoms with Crippen molar-refractivity contribution in [2.24, 2.45) is 11.8 Å². The summed E-state index contributed by atoms with van der Waals surface area (Å²) < 4.78 is 55.2. The quantitative estimate of drug-likeness (QED) is 0.255. The topological polar surface area (TPSA) is 201 Å². The van der Waals surface area contributed by atoms with Crippen molar-refractivity contribution in [3.05, 3.63) is 30.5 Å². The highest BCUT2D eigenvalue weighted by Crippen LogP contribution is 2.47. The maximum Gasteiger partial charge on any atom is 0.408 e. The fraction of sp³-hybridized carbons (Fsp3) is 0.629. The lowest BCUT2D eigenvalue weighted by Gasteiger charge is -2.30. The molecule has 16 nitrogen and oxygen atoms in total. The van der Waals surface area contributed by atoms with Crippen molar-refractivity contribution in [1.82, 2.24) is 25.2 Å².